The van der Waals surface area contributed by atoms with Gasteiger partial charge in [0.1, 0.15) is 18.1 Å². The van der Waals surface area contributed by atoms with Gasteiger partial charge < -0.3 is 25.1 Å². The van der Waals surface area contributed by atoms with E-state index >= 15 is 0 Å². The van der Waals surface area contributed by atoms with Crippen molar-refractivity contribution >= 4 is 28.3 Å². The van der Waals surface area contributed by atoms with Gasteiger partial charge in [0, 0.05) is 54.7 Å². The smallest absolute Gasteiger partial charge is 0.275 e. The van der Waals surface area contributed by atoms with Crippen molar-refractivity contribution in [1.29, 1.82) is 0 Å². The second-order valence-corrected chi connectivity index (χ2v) is 8.98. The molecule has 0 radical (unpaired) electrons. The van der Waals surface area contributed by atoms with Gasteiger partial charge in [-0.3, -0.25) is 14.9 Å². The number of carbonyl (C=O) groups is 1. The molecule has 0 atom stereocenters. The van der Waals surface area contributed by atoms with Crippen LogP contribution in [0.15, 0.2) is 48.8 Å². The SMILES string of the molecule is COCCOc1ccc2c(CNc3cc[nH]c3C(=O)Nc3cc(C(C)(C)C)[nH]n3)ccnc2c1. The molecule has 0 spiro atoms. The van der Waals surface area contributed by atoms with Crippen molar-refractivity contribution in [3.63, 3.8) is 0 Å². The molecule has 3 aromatic heterocycles. The first-order chi connectivity index (χ1) is 16.3. The average Bonchev–Trinajstić information content (AvgIpc) is 3.47. The maximum absolute atomic E-state index is 12.9. The maximum Gasteiger partial charge on any atom is 0.275 e. The number of aromatic nitrogens is 4. The minimum absolute atomic E-state index is 0.0841. The van der Waals surface area contributed by atoms with Crippen LogP contribution < -0.4 is 15.4 Å². The Hall–Kier alpha value is -3.85. The zero-order valence-electron chi connectivity index (χ0n) is 19.9. The second-order valence-electron chi connectivity index (χ2n) is 8.98. The van der Waals surface area contributed by atoms with Crippen molar-refractivity contribution in [1.82, 2.24) is 20.2 Å². The Morgan fingerprint density at radius 3 is 2.74 bits per heavy atom. The third-order valence-electron chi connectivity index (χ3n) is 5.43. The number of benzene rings is 1. The van der Waals surface area contributed by atoms with E-state index in [0.29, 0.717) is 37.0 Å². The molecule has 9 heteroatoms. The summed E-state index contributed by atoms with van der Waals surface area (Å²) < 4.78 is 10.7. The van der Waals surface area contributed by atoms with Crippen LogP contribution in [-0.4, -0.2) is 46.4 Å². The van der Waals surface area contributed by atoms with E-state index in [-0.39, 0.29) is 11.3 Å². The molecule has 1 amide bonds. The highest BCUT2D eigenvalue weighted by atomic mass is 16.5. The van der Waals surface area contributed by atoms with Crippen LogP contribution in [0.4, 0.5) is 11.5 Å². The topological polar surface area (TPSA) is 117 Å². The van der Waals surface area contributed by atoms with Gasteiger partial charge in [-0.2, -0.15) is 5.10 Å². The lowest BCUT2D eigenvalue weighted by molar-refractivity contribution is 0.102. The number of aromatic amines is 2. The van der Waals surface area contributed by atoms with Crippen molar-refractivity contribution < 1.29 is 14.3 Å². The number of carbonyl (C=O) groups excluding carboxylic acids is 1. The Bertz CT molecular complexity index is 1270. The molecule has 3 heterocycles. The van der Waals surface area contributed by atoms with Crippen LogP contribution in [0.25, 0.3) is 10.9 Å². The summed E-state index contributed by atoms with van der Waals surface area (Å²) >= 11 is 0. The first-order valence-corrected chi connectivity index (χ1v) is 11.1. The Kier molecular flexibility index (Phi) is 6.83. The molecule has 9 nitrogen and oxygen atoms in total. The normalized spacial score (nSPS) is 11.5. The van der Waals surface area contributed by atoms with E-state index in [4.69, 9.17) is 9.47 Å². The van der Waals surface area contributed by atoms with Gasteiger partial charge in [-0.15, -0.1) is 0 Å². The van der Waals surface area contributed by atoms with Gasteiger partial charge in [0.2, 0.25) is 0 Å². The van der Waals surface area contributed by atoms with E-state index in [2.05, 4.69) is 51.6 Å². The standard InChI is InChI=1S/C25H30N6O3/c1-25(2,3)21-14-22(31-30-21)29-24(32)23-19(8-10-27-23)28-15-16-7-9-26-20-13-17(5-6-18(16)20)34-12-11-33-4/h5-10,13-14,27-28H,11-12,15H2,1-4H3,(H2,29,30,31,32). The lowest BCUT2D eigenvalue weighted by Gasteiger charge is -2.14. The summed E-state index contributed by atoms with van der Waals surface area (Å²) in [6.45, 7) is 7.78. The summed E-state index contributed by atoms with van der Waals surface area (Å²) in [7, 11) is 1.64. The van der Waals surface area contributed by atoms with Crippen molar-refractivity contribution in [2.24, 2.45) is 0 Å². The van der Waals surface area contributed by atoms with Gasteiger partial charge in [-0.25, -0.2) is 0 Å². The van der Waals surface area contributed by atoms with Crippen LogP contribution in [-0.2, 0) is 16.7 Å². The van der Waals surface area contributed by atoms with Gasteiger partial charge in [0.15, 0.2) is 5.82 Å². The largest absolute Gasteiger partial charge is 0.491 e. The third-order valence-corrected chi connectivity index (χ3v) is 5.43. The number of methoxy groups -OCH3 is 1. The van der Waals surface area contributed by atoms with Gasteiger partial charge in [0.05, 0.1) is 17.8 Å². The van der Waals surface area contributed by atoms with Crippen molar-refractivity contribution in [2.45, 2.75) is 32.7 Å². The fourth-order valence-corrected chi connectivity index (χ4v) is 3.52. The number of fused-ring (bicyclic) bond motifs is 1. The summed E-state index contributed by atoms with van der Waals surface area (Å²) in [5, 5.41) is 14.4. The van der Waals surface area contributed by atoms with Crippen LogP contribution >= 0.6 is 0 Å². The quantitative estimate of drug-likeness (QED) is 0.273. The molecule has 0 fully saturated rings. The van der Waals surface area contributed by atoms with Gasteiger partial charge in [0.25, 0.3) is 5.91 Å². The number of anilines is 2. The molecule has 0 saturated carbocycles. The first kappa shape index (κ1) is 23.3. The number of nitrogens with zero attached hydrogens (tertiary/aromatic N) is 2. The summed E-state index contributed by atoms with van der Waals surface area (Å²) in [4.78, 5) is 20.3. The Morgan fingerprint density at radius 1 is 1.12 bits per heavy atom. The number of hydrogen-bond donors (Lipinski definition) is 4. The number of rotatable bonds is 9. The molecule has 4 aromatic rings. The maximum atomic E-state index is 12.9. The summed E-state index contributed by atoms with van der Waals surface area (Å²) in [6.07, 6.45) is 3.50. The highest BCUT2D eigenvalue weighted by Crippen LogP contribution is 2.25. The summed E-state index contributed by atoms with van der Waals surface area (Å²) in [5.41, 5.74) is 3.90. The van der Waals surface area contributed by atoms with Gasteiger partial charge >= 0.3 is 0 Å². The number of hydrogen-bond acceptors (Lipinski definition) is 6. The molecule has 34 heavy (non-hydrogen) atoms. The van der Waals surface area contributed by atoms with Gasteiger partial charge in [-0.05, 0) is 29.8 Å². The van der Waals surface area contributed by atoms with E-state index < -0.39 is 0 Å². The predicted octanol–water partition coefficient (Wildman–Crippen LogP) is 4.47. The molecule has 4 N–H and O–H groups in total. The molecular formula is C25H30N6O3. The van der Waals surface area contributed by atoms with E-state index in [1.54, 1.807) is 19.5 Å². The lowest BCUT2D eigenvalue weighted by atomic mass is 9.92. The molecule has 0 aliphatic heterocycles. The number of H-pyrrole nitrogens is 2. The van der Waals surface area contributed by atoms with Crippen LogP contribution in [0, 0.1) is 0 Å². The predicted molar refractivity (Wildman–Crippen MR) is 132 cm³/mol. The molecule has 0 aliphatic rings. The molecule has 0 saturated heterocycles. The van der Waals surface area contributed by atoms with Crippen LogP contribution in [0.1, 0.15) is 42.5 Å². The van der Waals surface area contributed by atoms with Crippen LogP contribution in [0.3, 0.4) is 0 Å². The molecule has 0 bridgehead atoms. The highest BCUT2D eigenvalue weighted by Gasteiger charge is 2.19. The fourth-order valence-electron chi connectivity index (χ4n) is 3.52. The molecule has 0 unspecified atom stereocenters. The van der Waals surface area contributed by atoms with Crippen LogP contribution in [0.2, 0.25) is 0 Å². The van der Waals surface area contributed by atoms with Crippen molar-refractivity contribution in [3.8, 4) is 5.75 Å². The summed E-state index contributed by atoms with van der Waals surface area (Å²) in [6, 6.07) is 11.5. The molecular weight excluding hydrogens is 432 g/mol. The minimum Gasteiger partial charge on any atom is -0.491 e. The Balaban J connectivity index is 1.44. The third kappa shape index (κ3) is 5.37. The average molecular weight is 463 g/mol. The monoisotopic (exact) mass is 462 g/mol. The first-order valence-electron chi connectivity index (χ1n) is 11.1. The second kappa shape index (κ2) is 9.96. The Labute approximate surface area is 198 Å². The molecule has 1 aromatic carbocycles. The number of pyridine rings is 1. The highest BCUT2D eigenvalue weighted by molar-refractivity contribution is 6.06. The lowest BCUT2D eigenvalue weighted by Crippen LogP contribution is -2.15. The minimum atomic E-state index is -0.267. The zero-order valence-corrected chi connectivity index (χ0v) is 19.9. The fraction of sp³-hybridized carbons (Fsp3) is 0.320. The van der Waals surface area contributed by atoms with E-state index in [1.165, 1.54) is 0 Å². The van der Waals surface area contributed by atoms with Gasteiger partial charge in [-0.1, -0.05) is 20.8 Å². The molecule has 0 aliphatic carbocycles. The Morgan fingerprint density at radius 2 is 1.97 bits per heavy atom. The number of amides is 1. The zero-order chi connectivity index (χ0) is 24.1. The van der Waals surface area contributed by atoms with E-state index in [0.717, 1.165) is 27.9 Å². The van der Waals surface area contributed by atoms with Crippen LogP contribution in [0.5, 0.6) is 5.75 Å². The molecule has 178 valence electrons. The summed E-state index contributed by atoms with van der Waals surface area (Å²) in [5.74, 6) is 0.968. The van der Waals surface area contributed by atoms with E-state index in [1.807, 2.05) is 36.4 Å². The van der Waals surface area contributed by atoms with E-state index in [9.17, 15) is 4.79 Å². The molecule has 4 rings (SSSR count). The van der Waals surface area contributed by atoms with Crippen molar-refractivity contribution in [3.05, 3.63) is 65.7 Å². The number of ether oxygens (including phenoxy) is 2. The number of nitrogens with one attached hydrogen (secondary N) is 4. The van der Waals surface area contributed by atoms with Crippen molar-refractivity contribution in [2.75, 3.05) is 31.0 Å².